The van der Waals surface area contributed by atoms with Gasteiger partial charge in [-0.05, 0) is 24.0 Å². The molecule has 0 aliphatic heterocycles. The van der Waals surface area contributed by atoms with Crippen molar-refractivity contribution in [2.45, 2.75) is 64.1 Å². The molecule has 0 aromatic heterocycles. The van der Waals surface area contributed by atoms with E-state index in [0.29, 0.717) is 6.54 Å². The molecule has 0 heterocycles. The Kier molecular flexibility index (Phi) is 9.32. The summed E-state index contributed by atoms with van der Waals surface area (Å²) in [7, 11) is 0. The van der Waals surface area contributed by atoms with Gasteiger partial charge in [0.1, 0.15) is 5.72 Å². The molecule has 4 heteroatoms. The van der Waals surface area contributed by atoms with Crippen LogP contribution in [0.15, 0.2) is 24.3 Å². The largest absolute Gasteiger partial charge is 0.392 e. The van der Waals surface area contributed by atoms with Crippen LogP contribution >= 0.6 is 0 Å². The van der Waals surface area contributed by atoms with Crippen molar-refractivity contribution in [1.82, 2.24) is 5.32 Å². The molecule has 22 heavy (non-hydrogen) atoms. The predicted molar refractivity (Wildman–Crippen MR) is 91.5 cm³/mol. The Labute approximate surface area is 134 Å². The Balaban J connectivity index is 2.20. The average molecular weight is 308 g/mol. The lowest BCUT2D eigenvalue weighted by Gasteiger charge is -2.20. The Morgan fingerprint density at radius 2 is 1.59 bits per heavy atom. The average Bonchev–Trinajstić information content (AvgIpc) is 2.52. The topological polar surface area (TPSA) is 78.5 Å². The number of nitrogens with two attached hydrogens (primary N) is 1. The number of aliphatic hydroxyl groups is 2. The lowest BCUT2D eigenvalue weighted by Crippen LogP contribution is -2.51. The van der Waals surface area contributed by atoms with Gasteiger partial charge in [-0.15, -0.1) is 0 Å². The van der Waals surface area contributed by atoms with Crippen molar-refractivity contribution in [2.75, 3.05) is 13.2 Å². The van der Waals surface area contributed by atoms with Crippen LogP contribution in [0.2, 0.25) is 0 Å². The number of aryl methyl sites for hydroxylation is 1. The lowest BCUT2D eigenvalue weighted by molar-refractivity contribution is -0.00813. The van der Waals surface area contributed by atoms with Gasteiger partial charge in [-0.3, -0.25) is 0 Å². The van der Waals surface area contributed by atoms with Crippen LogP contribution in [0.1, 0.15) is 56.6 Å². The zero-order valence-corrected chi connectivity index (χ0v) is 13.9. The van der Waals surface area contributed by atoms with Crippen LogP contribution in [0.5, 0.6) is 0 Å². The molecule has 0 aliphatic carbocycles. The molecular weight excluding hydrogens is 276 g/mol. The molecule has 1 rings (SSSR count). The summed E-state index contributed by atoms with van der Waals surface area (Å²) < 4.78 is 0. The highest BCUT2D eigenvalue weighted by Crippen LogP contribution is 2.11. The van der Waals surface area contributed by atoms with E-state index >= 15 is 0 Å². The molecule has 0 amide bonds. The van der Waals surface area contributed by atoms with Crippen molar-refractivity contribution >= 4 is 0 Å². The molecule has 5 N–H and O–H groups in total. The van der Waals surface area contributed by atoms with Gasteiger partial charge in [0, 0.05) is 13.1 Å². The fourth-order valence-electron chi connectivity index (χ4n) is 2.41. The molecule has 126 valence electrons. The third-order valence-corrected chi connectivity index (χ3v) is 3.88. The van der Waals surface area contributed by atoms with Crippen LogP contribution in [0.3, 0.4) is 0 Å². The first kappa shape index (κ1) is 19.1. The number of benzene rings is 1. The normalized spacial score (nSPS) is 14.0. The molecule has 0 saturated heterocycles. The maximum atomic E-state index is 9.49. The Bertz CT molecular complexity index is 391. The second-order valence-corrected chi connectivity index (χ2v) is 6.20. The second-order valence-electron chi connectivity index (χ2n) is 6.20. The fourth-order valence-corrected chi connectivity index (χ4v) is 2.41. The Hall–Kier alpha value is -0.940. The van der Waals surface area contributed by atoms with E-state index in [4.69, 9.17) is 10.8 Å². The van der Waals surface area contributed by atoms with Crippen LogP contribution in [-0.2, 0) is 13.0 Å². The summed E-state index contributed by atoms with van der Waals surface area (Å²) in [6.45, 7) is 2.60. The van der Waals surface area contributed by atoms with Crippen molar-refractivity contribution in [3.05, 3.63) is 35.4 Å². The molecule has 4 nitrogen and oxygen atoms in total. The first-order valence-electron chi connectivity index (χ1n) is 8.48. The maximum absolute atomic E-state index is 9.49. The quantitative estimate of drug-likeness (QED) is 0.353. The van der Waals surface area contributed by atoms with Gasteiger partial charge in [-0.25, -0.2) is 0 Å². The van der Waals surface area contributed by atoms with Crippen molar-refractivity contribution in [1.29, 1.82) is 0 Å². The smallest absolute Gasteiger partial charge is 0.149 e. The zero-order chi connectivity index (χ0) is 16.3. The summed E-state index contributed by atoms with van der Waals surface area (Å²) in [5.74, 6) is 0. The molecular formula is C18H32N2O2. The van der Waals surface area contributed by atoms with Gasteiger partial charge in [0.25, 0.3) is 0 Å². The molecule has 0 radical (unpaired) electrons. The van der Waals surface area contributed by atoms with E-state index in [1.54, 1.807) is 0 Å². The number of hydrogen-bond acceptors (Lipinski definition) is 4. The number of aliphatic hydroxyl groups excluding tert-OH is 1. The standard InChI is InChI=1S/C18H32N2O2/c1-2-3-4-5-6-7-8-16-9-11-17(12-10-16)13-20-14-18(19,22)15-21/h9-12,20-22H,2-8,13-15,19H2,1H3. The van der Waals surface area contributed by atoms with E-state index in [0.717, 1.165) is 12.0 Å². The molecule has 0 saturated carbocycles. The van der Waals surface area contributed by atoms with E-state index in [2.05, 4.69) is 36.5 Å². The van der Waals surface area contributed by atoms with Crippen LogP contribution in [-0.4, -0.2) is 29.1 Å². The molecule has 1 aromatic rings. The van der Waals surface area contributed by atoms with Gasteiger partial charge < -0.3 is 21.3 Å². The first-order chi connectivity index (χ1) is 10.6. The van der Waals surface area contributed by atoms with Gasteiger partial charge in [-0.2, -0.15) is 0 Å². The summed E-state index contributed by atoms with van der Waals surface area (Å²) in [5, 5.41) is 21.4. The summed E-state index contributed by atoms with van der Waals surface area (Å²) in [6.07, 6.45) is 9.10. The van der Waals surface area contributed by atoms with E-state index in [-0.39, 0.29) is 6.54 Å². The lowest BCUT2D eigenvalue weighted by atomic mass is 10.0. The number of rotatable bonds is 12. The highest BCUT2D eigenvalue weighted by Gasteiger charge is 2.18. The van der Waals surface area contributed by atoms with Crippen molar-refractivity contribution in [3.8, 4) is 0 Å². The van der Waals surface area contributed by atoms with Crippen molar-refractivity contribution in [2.24, 2.45) is 5.73 Å². The highest BCUT2D eigenvalue weighted by atomic mass is 16.3. The summed E-state index contributed by atoms with van der Waals surface area (Å²) in [4.78, 5) is 0. The van der Waals surface area contributed by atoms with Gasteiger partial charge in [0.05, 0.1) is 6.61 Å². The minimum atomic E-state index is -1.54. The van der Waals surface area contributed by atoms with Crippen molar-refractivity contribution < 1.29 is 10.2 Å². The number of nitrogens with one attached hydrogen (secondary N) is 1. The molecule has 0 bridgehead atoms. The third kappa shape index (κ3) is 8.49. The van der Waals surface area contributed by atoms with E-state index in [1.165, 1.54) is 44.1 Å². The number of hydrogen-bond donors (Lipinski definition) is 4. The molecule has 0 aliphatic rings. The third-order valence-electron chi connectivity index (χ3n) is 3.88. The van der Waals surface area contributed by atoms with Crippen LogP contribution in [0, 0.1) is 0 Å². The summed E-state index contributed by atoms with van der Waals surface area (Å²) in [6, 6.07) is 8.55. The molecule has 1 aromatic carbocycles. The molecule has 0 fully saturated rings. The maximum Gasteiger partial charge on any atom is 0.149 e. The highest BCUT2D eigenvalue weighted by molar-refractivity contribution is 5.22. The number of unbranched alkanes of at least 4 members (excludes halogenated alkanes) is 5. The summed E-state index contributed by atoms with van der Waals surface area (Å²) >= 11 is 0. The van der Waals surface area contributed by atoms with E-state index in [1.807, 2.05) is 0 Å². The SMILES string of the molecule is CCCCCCCCc1ccc(CNCC(N)(O)CO)cc1. The van der Waals surface area contributed by atoms with Crippen molar-refractivity contribution in [3.63, 3.8) is 0 Å². The molecule has 0 spiro atoms. The molecule has 1 unspecified atom stereocenters. The van der Waals surface area contributed by atoms with E-state index < -0.39 is 12.3 Å². The molecule has 1 atom stereocenters. The van der Waals surface area contributed by atoms with Gasteiger partial charge in [-0.1, -0.05) is 63.3 Å². The zero-order valence-electron chi connectivity index (χ0n) is 13.9. The Morgan fingerprint density at radius 1 is 1.00 bits per heavy atom. The van der Waals surface area contributed by atoms with Gasteiger partial charge in [0.2, 0.25) is 0 Å². The predicted octanol–water partition coefficient (Wildman–Crippen LogP) is 2.32. The summed E-state index contributed by atoms with van der Waals surface area (Å²) in [5.41, 5.74) is 6.43. The van der Waals surface area contributed by atoms with Crippen LogP contribution in [0.25, 0.3) is 0 Å². The first-order valence-corrected chi connectivity index (χ1v) is 8.48. The monoisotopic (exact) mass is 308 g/mol. The second kappa shape index (κ2) is 10.7. The van der Waals surface area contributed by atoms with Gasteiger partial charge in [0.15, 0.2) is 0 Å². The van der Waals surface area contributed by atoms with Gasteiger partial charge >= 0.3 is 0 Å². The fraction of sp³-hybridized carbons (Fsp3) is 0.667. The minimum Gasteiger partial charge on any atom is -0.392 e. The minimum absolute atomic E-state index is 0.170. The van der Waals surface area contributed by atoms with E-state index in [9.17, 15) is 5.11 Å². The Morgan fingerprint density at radius 3 is 2.23 bits per heavy atom. The van der Waals surface area contributed by atoms with Crippen LogP contribution < -0.4 is 11.1 Å². The van der Waals surface area contributed by atoms with Crippen LogP contribution in [0.4, 0.5) is 0 Å².